The molecule has 0 aliphatic heterocycles. The molecule has 0 saturated carbocycles. The van der Waals surface area contributed by atoms with Crippen molar-refractivity contribution in [3.8, 4) is 0 Å². The van der Waals surface area contributed by atoms with E-state index in [1.807, 2.05) is 72.8 Å². The van der Waals surface area contributed by atoms with E-state index < -0.39 is 17.7 Å². The number of ketones is 1. The summed E-state index contributed by atoms with van der Waals surface area (Å²) in [6.07, 6.45) is -4.73. The molecule has 2 unspecified atom stereocenters. The van der Waals surface area contributed by atoms with Gasteiger partial charge in [0.05, 0.1) is 0 Å². The van der Waals surface area contributed by atoms with Crippen LogP contribution in [0.2, 0.25) is 0 Å². The van der Waals surface area contributed by atoms with Crippen LogP contribution in [0.5, 0.6) is 0 Å². The monoisotopic (exact) mass is 671 g/mol. The van der Waals surface area contributed by atoms with Crippen molar-refractivity contribution >= 4 is 44.8 Å². The number of halogens is 3. The number of alkyl halides is 3. The number of hydrogen-bond donors (Lipinski definition) is 3. The summed E-state index contributed by atoms with van der Waals surface area (Å²) < 4.78 is 36.3. The van der Waals surface area contributed by atoms with Crippen molar-refractivity contribution in [1.29, 1.82) is 0 Å². The molecule has 0 fully saturated rings. The second-order valence-corrected chi connectivity index (χ2v) is 8.51. The summed E-state index contributed by atoms with van der Waals surface area (Å²) in [6, 6.07) is 30.8. The SMILES string of the molecule is O=C(C=C(O)C(F)(F)F)c1ccc2ccccc2c1.OPc1ccccc1.OPc1ccccc1.[Eu]. The van der Waals surface area contributed by atoms with Crippen LogP contribution in [0.4, 0.5) is 13.2 Å². The van der Waals surface area contributed by atoms with E-state index in [1.165, 1.54) is 12.1 Å². The standard InChI is InChI=1S/C14H9F3O2.2C6H7OP.Eu/c15-14(16,17)13(19)8-12(18)11-6-5-9-3-1-2-4-10(9)7-11;2*7-8-6-4-2-1-3-5-6;/h1-8,19H;2*1-5,7-8H;. The molecule has 0 saturated heterocycles. The van der Waals surface area contributed by atoms with Crippen LogP contribution >= 0.6 is 17.6 Å². The Morgan fingerprint density at radius 1 is 0.694 bits per heavy atom. The molecular weight excluding hydrogens is 647 g/mol. The van der Waals surface area contributed by atoms with Crippen LogP contribution in [-0.2, 0) is 0 Å². The van der Waals surface area contributed by atoms with Gasteiger partial charge in [-0.25, -0.2) is 0 Å². The Bertz CT molecular complexity index is 1200. The van der Waals surface area contributed by atoms with Crippen LogP contribution in [0.3, 0.4) is 0 Å². The molecular formula is C26H23EuF3O4P2. The maximum Gasteiger partial charge on any atom is 0.448 e. The first-order valence-corrected chi connectivity index (χ1v) is 12.1. The maximum atomic E-state index is 12.1. The zero-order chi connectivity index (χ0) is 25.7. The normalized spacial score (nSPS) is 11.4. The molecule has 0 aromatic heterocycles. The smallest absolute Gasteiger partial charge is 0.448 e. The first-order chi connectivity index (χ1) is 16.7. The van der Waals surface area contributed by atoms with Crippen molar-refractivity contribution in [2.45, 2.75) is 6.18 Å². The fourth-order valence-electron chi connectivity index (χ4n) is 2.66. The maximum absolute atomic E-state index is 12.1. The molecule has 0 aliphatic rings. The van der Waals surface area contributed by atoms with Gasteiger partial charge >= 0.3 is 6.18 Å². The molecule has 189 valence electrons. The zero-order valence-electron chi connectivity index (χ0n) is 18.7. The van der Waals surface area contributed by atoms with Gasteiger partial charge in [-0.15, -0.1) is 0 Å². The minimum absolute atomic E-state index is 0. The number of aliphatic hydroxyl groups excluding tert-OH is 1. The summed E-state index contributed by atoms with van der Waals surface area (Å²) in [5.41, 5.74) is 0.0921. The fraction of sp³-hybridized carbons (Fsp3) is 0.0385. The first-order valence-electron chi connectivity index (χ1n) is 10.2. The molecule has 4 aromatic rings. The Hall–Kier alpha value is -1.50. The van der Waals surface area contributed by atoms with Crippen molar-refractivity contribution in [3.05, 3.63) is 121 Å². The van der Waals surface area contributed by atoms with Gasteiger partial charge in [0.25, 0.3) is 0 Å². The van der Waals surface area contributed by atoms with Gasteiger partial charge in [-0.2, -0.15) is 13.2 Å². The number of rotatable bonds is 4. The molecule has 0 heterocycles. The van der Waals surface area contributed by atoms with Gasteiger partial charge in [-0.1, -0.05) is 97.1 Å². The third-order valence-corrected chi connectivity index (χ3v) is 5.58. The van der Waals surface area contributed by atoms with Gasteiger partial charge in [0.2, 0.25) is 5.76 Å². The van der Waals surface area contributed by atoms with Crippen LogP contribution in [0.1, 0.15) is 10.4 Å². The summed E-state index contributed by atoms with van der Waals surface area (Å²) in [4.78, 5) is 28.7. The third kappa shape index (κ3) is 11.7. The summed E-state index contributed by atoms with van der Waals surface area (Å²) in [5.74, 6) is -2.79. The van der Waals surface area contributed by atoms with E-state index in [4.69, 9.17) is 14.9 Å². The number of hydrogen-bond acceptors (Lipinski definition) is 4. The number of fused-ring (bicyclic) bond motifs is 1. The summed E-state index contributed by atoms with van der Waals surface area (Å²) in [7, 11) is -0.140. The fourth-order valence-corrected chi connectivity index (χ4v) is 3.34. The van der Waals surface area contributed by atoms with E-state index >= 15 is 0 Å². The van der Waals surface area contributed by atoms with Crippen LogP contribution in [0.25, 0.3) is 10.8 Å². The molecule has 10 heteroatoms. The number of carbonyl (C=O) groups excluding carboxylic acids is 1. The van der Waals surface area contributed by atoms with E-state index in [2.05, 4.69) is 0 Å². The molecule has 4 rings (SSSR count). The van der Waals surface area contributed by atoms with Gasteiger partial charge in [-0.3, -0.25) is 4.79 Å². The van der Waals surface area contributed by atoms with Gasteiger partial charge in [0.15, 0.2) is 5.78 Å². The van der Waals surface area contributed by atoms with Gasteiger partial charge < -0.3 is 14.9 Å². The molecule has 0 amide bonds. The molecule has 4 nitrogen and oxygen atoms in total. The summed E-state index contributed by atoms with van der Waals surface area (Å²) in [6.45, 7) is 0. The second-order valence-electron chi connectivity index (χ2n) is 6.91. The van der Waals surface area contributed by atoms with Crippen LogP contribution in [0.15, 0.2) is 115 Å². The van der Waals surface area contributed by atoms with Gasteiger partial charge in [0, 0.05) is 78.6 Å². The van der Waals surface area contributed by atoms with Gasteiger partial charge in [-0.05, 0) is 27.4 Å². The largest absolute Gasteiger partial charge is 0.504 e. The van der Waals surface area contributed by atoms with Crippen molar-refractivity contribution in [1.82, 2.24) is 0 Å². The molecule has 0 bridgehead atoms. The Balaban J connectivity index is 0.000000315. The Morgan fingerprint density at radius 2 is 1.14 bits per heavy atom. The average Bonchev–Trinajstić information content (AvgIpc) is 2.89. The minimum atomic E-state index is -4.91. The van der Waals surface area contributed by atoms with Crippen molar-refractivity contribution in [2.75, 3.05) is 0 Å². The van der Waals surface area contributed by atoms with Gasteiger partial charge in [0.1, 0.15) is 0 Å². The van der Waals surface area contributed by atoms with Crippen LogP contribution < -0.4 is 10.6 Å². The van der Waals surface area contributed by atoms with Crippen molar-refractivity contribution in [2.24, 2.45) is 0 Å². The van der Waals surface area contributed by atoms with Crippen molar-refractivity contribution in [3.63, 3.8) is 0 Å². The second kappa shape index (κ2) is 17.1. The third-order valence-electron chi connectivity index (χ3n) is 4.40. The van der Waals surface area contributed by atoms with E-state index in [-0.39, 0.29) is 78.6 Å². The number of allylic oxidation sites excluding steroid dienone is 2. The van der Waals surface area contributed by atoms with E-state index in [0.717, 1.165) is 21.4 Å². The number of aliphatic hydroxyl groups is 1. The summed E-state index contributed by atoms with van der Waals surface area (Å²) >= 11 is 0. The average molecular weight is 670 g/mol. The predicted octanol–water partition coefficient (Wildman–Crippen LogP) is 5.82. The van der Waals surface area contributed by atoms with E-state index in [1.54, 1.807) is 18.2 Å². The molecule has 3 N–H and O–H groups in total. The zero-order valence-corrected chi connectivity index (χ0v) is 23.1. The Morgan fingerprint density at radius 3 is 1.56 bits per heavy atom. The molecule has 0 aliphatic carbocycles. The van der Waals surface area contributed by atoms with E-state index in [9.17, 15) is 18.0 Å². The minimum Gasteiger partial charge on any atom is -0.504 e. The first kappa shape index (κ1) is 32.5. The number of carbonyl (C=O) groups is 1. The van der Waals surface area contributed by atoms with E-state index in [0.29, 0.717) is 0 Å². The molecule has 36 heavy (non-hydrogen) atoms. The number of benzene rings is 4. The topological polar surface area (TPSA) is 77.8 Å². The molecule has 0 spiro atoms. The molecule has 1 radical (unpaired) electrons. The summed E-state index contributed by atoms with van der Waals surface area (Å²) in [5, 5.41) is 12.4. The predicted molar refractivity (Wildman–Crippen MR) is 138 cm³/mol. The Kier molecular flexibility index (Phi) is 15.4. The van der Waals surface area contributed by atoms with Crippen molar-refractivity contribution < 1.29 is 82.2 Å². The quantitative estimate of drug-likeness (QED) is 0.111. The van der Waals surface area contributed by atoms with Crippen LogP contribution in [0, 0.1) is 49.4 Å². The molecule has 2 atom stereocenters. The molecule has 4 aromatic carbocycles. The van der Waals surface area contributed by atoms with Crippen LogP contribution in [-0.4, -0.2) is 26.9 Å². The Labute approximate surface area is 251 Å².